The predicted molar refractivity (Wildman–Crippen MR) is 76.1 cm³/mol. The summed E-state index contributed by atoms with van der Waals surface area (Å²) in [5.41, 5.74) is 1.28. The van der Waals surface area contributed by atoms with Crippen molar-refractivity contribution in [2.45, 2.75) is 39.7 Å². The van der Waals surface area contributed by atoms with Gasteiger partial charge < -0.3 is 9.64 Å². The van der Waals surface area contributed by atoms with E-state index in [4.69, 9.17) is 4.74 Å². The molecule has 0 radical (unpaired) electrons. The van der Waals surface area contributed by atoms with Crippen LogP contribution in [0.3, 0.4) is 0 Å². The molecule has 0 aliphatic carbocycles. The Morgan fingerprint density at radius 2 is 1.78 bits per heavy atom. The van der Waals surface area contributed by atoms with E-state index < -0.39 is 0 Å². The zero-order valence-corrected chi connectivity index (χ0v) is 11.9. The van der Waals surface area contributed by atoms with Crippen LogP contribution in [-0.2, 0) is 0 Å². The lowest BCUT2D eigenvalue weighted by molar-refractivity contribution is 0.119. The summed E-state index contributed by atoms with van der Waals surface area (Å²) in [7, 11) is 0. The number of aryl methyl sites for hydroxylation is 1. The second kappa shape index (κ2) is 6.24. The Balaban J connectivity index is 1.74. The van der Waals surface area contributed by atoms with Crippen molar-refractivity contribution in [3.63, 3.8) is 0 Å². The van der Waals surface area contributed by atoms with Crippen LogP contribution in [0.4, 0.5) is 0 Å². The fraction of sp³-hybridized carbons (Fsp3) is 0.625. The van der Waals surface area contributed by atoms with E-state index in [1.54, 1.807) is 0 Å². The smallest absolute Gasteiger partial charge is 0.119 e. The lowest BCUT2D eigenvalue weighted by Gasteiger charge is -2.34. The van der Waals surface area contributed by atoms with Gasteiger partial charge in [-0.15, -0.1) is 0 Å². The summed E-state index contributed by atoms with van der Waals surface area (Å²) >= 11 is 0. The monoisotopic (exact) mass is 247 g/mol. The molecule has 1 saturated heterocycles. The van der Waals surface area contributed by atoms with Gasteiger partial charge >= 0.3 is 0 Å². The summed E-state index contributed by atoms with van der Waals surface area (Å²) in [6, 6.07) is 9.04. The number of nitrogens with zero attached hydrogens (tertiary/aromatic N) is 1. The van der Waals surface area contributed by atoms with Gasteiger partial charge in [0.15, 0.2) is 0 Å². The average Bonchev–Trinajstić information content (AvgIpc) is 2.38. The molecule has 1 fully saturated rings. The minimum atomic E-state index is 0.684. The molecular weight excluding hydrogens is 222 g/mol. The van der Waals surface area contributed by atoms with Crippen molar-refractivity contribution in [2.75, 3.05) is 19.7 Å². The minimum absolute atomic E-state index is 0.684. The summed E-state index contributed by atoms with van der Waals surface area (Å²) in [4.78, 5) is 2.56. The SMILES string of the molecule is Cc1ccc(OCC2CCN(C(C)C)CC2)cc1. The number of piperidine rings is 1. The molecule has 2 nitrogen and oxygen atoms in total. The number of ether oxygens (including phenoxy) is 1. The van der Waals surface area contributed by atoms with Crippen LogP contribution in [0.2, 0.25) is 0 Å². The summed E-state index contributed by atoms with van der Waals surface area (Å²) in [5, 5.41) is 0. The Bertz CT molecular complexity index is 350. The molecule has 1 aliphatic rings. The van der Waals surface area contributed by atoms with Gasteiger partial charge in [0.25, 0.3) is 0 Å². The number of hydrogen-bond acceptors (Lipinski definition) is 2. The maximum absolute atomic E-state index is 5.88. The third-order valence-corrected chi connectivity index (χ3v) is 3.89. The van der Waals surface area contributed by atoms with Crippen molar-refractivity contribution in [3.05, 3.63) is 29.8 Å². The molecule has 100 valence electrons. The van der Waals surface area contributed by atoms with Crippen LogP contribution in [0, 0.1) is 12.8 Å². The zero-order chi connectivity index (χ0) is 13.0. The second-order valence-electron chi connectivity index (χ2n) is 5.70. The topological polar surface area (TPSA) is 12.5 Å². The fourth-order valence-electron chi connectivity index (χ4n) is 2.48. The molecule has 0 spiro atoms. The van der Waals surface area contributed by atoms with Gasteiger partial charge in [0.2, 0.25) is 0 Å². The van der Waals surface area contributed by atoms with Crippen LogP contribution >= 0.6 is 0 Å². The highest BCUT2D eigenvalue weighted by molar-refractivity contribution is 5.26. The standard InChI is InChI=1S/C16H25NO/c1-13(2)17-10-8-15(9-11-17)12-18-16-6-4-14(3)5-7-16/h4-7,13,15H,8-12H2,1-3H3. The molecule has 1 heterocycles. The highest BCUT2D eigenvalue weighted by Crippen LogP contribution is 2.20. The first-order valence-corrected chi connectivity index (χ1v) is 7.08. The number of rotatable bonds is 4. The Morgan fingerprint density at radius 1 is 1.17 bits per heavy atom. The Hall–Kier alpha value is -1.02. The van der Waals surface area contributed by atoms with E-state index in [1.165, 1.54) is 31.5 Å². The van der Waals surface area contributed by atoms with Crippen LogP contribution in [0.15, 0.2) is 24.3 Å². The molecule has 0 atom stereocenters. The molecule has 0 N–H and O–H groups in total. The molecule has 0 bridgehead atoms. The summed E-state index contributed by atoms with van der Waals surface area (Å²) < 4.78 is 5.88. The van der Waals surface area contributed by atoms with E-state index >= 15 is 0 Å². The molecule has 18 heavy (non-hydrogen) atoms. The first-order valence-electron chi connectivity index (χ1n) is 7.08. The third-order valence-electron chi connectivity index (χ3n) is 3.89. The van der Waals surface area contributed by atoms with Gasteiger partial charge in [0, 0.05) is 6.04 Å². The van der Waals surface area contributed by atoms with Gasteiger partial charge in [-0.1, -0.05) is 17.7 Å². The Kier molecular flexibility index (Phi) is 4.65. The lowest BCUT2D eigenvalue weighted by atomic mass is 9.97. The Morgan fingerprint density at radius 3 is 2.33 bits per heavy atom. The molecule has 0 aromatic heterocycles. The van der Waals surface area contributed by atoms with Crippen molar-refractivity contribution in [3.8, 4) is 5.75 Å². The fourth-order valence-corrected chi connectivity index (χ4v) is 2.48. The maximum Gasteiger partial charge on any atom is 0.119 e. The van der Waals surface area contributed by atoms with Gasteiger partial charge in [0.1, 0.15) is 5.75 Å². The van der Waals surface area contributed by atoms with E-state index in [1.807, 2.05) is 0 Å². The van der Waals surface area contributed by atoms with Crippen LogP contribution in [0.5, 0.6) is 5.75 Å². The van der Waals surface area contributed by atoms with Crippen LogP contribution in [0.1, 0.15) is 32.3 Å². The number of likely N-dealkylation sites (tertiary alicyclic amines) is 1. The molecule has 1 aromatic rings. The highest BCUT2D eigenvalue weighted by atomic mass is 16.5. The first-order chi connectivity index (χ1) is 8.65. The normalized spacial score (nSPS) is 18.2. The van der Waals surface area contributed by atoms with Gasteiger partial charge in [0.05, 0.1) is 6.61 Å². The van der Waals surface area contributed by atoms with E-state index in [0.717, 1.165) is 18.3 Å². The first kappa shape index (κ1) is 13.4. The zero-order valence-electron chi connectivity index (χ0n) is 11.9. The molecule has 0 saturated carbocycles. The largest absolute Gasteiger partial charge is 0.493 e. The summed E-state index contributed by atoms with van der Waals surface area (Å²) in [6.07, 6.45) is 2.54. The van der Waals surface area contributed by atoms with Crippen molar-refractivity contribution < 1.29 is 4.74 Å². The second-order valence-corrected chi connectivity index (χ2v) is 5.70. The van der Waals surface area contributed by atoms with E-state index in [-0.39, 0.29) is 0 Å². The quantitative estimate of drug-likeness (QED) is 0.807. The van der Waals surface area contributed by atoms with Crippen molar-refractivity contribution in [1.29, 1.82) is 0 Å². The van der Waals surface area contributed by atoms with E-state index in [0.29, 0.717) is 6.04 Å². The number of benzene rings is 1. The highest BCUT2D eigenvalue weighted by Gasteiger charge is 2.21. The van der Waals surface area contributed by atoms with Crippen LogP contribution in [-0.4, -0.2) is 30.6 Å². The lowest BCUT2D eigenvalue weighted by Crippen LogP contribution is -2.39. The van der Waals surface area contributed by atoms with E-state index in [9.17, 15) is 0 Å². The van der Waals surface area contributed by atoms with Crippen LogP contribution < -0.4 is 4.74 Å². The summed E-state index contributed by atoms with van der Waals surface area (Å²) in [5.74, 6) is 1.73. The van der Waals surface area contributed by atoms with Gasteiger partial charge in [-0.3, -0.25) is 0 Å². The molecule has 1 aliphatic heterocycles. The molecule has 1 aromatic carbocycles. The van der Waals surface area contributed by atoms with E-state index in [2.05, 4.69) is 49.9 Å². The molecule has 2 heteroatoms. The van der Waals surface area contributed by atoms with Gasteiger partial charge in [-0.25, -0.2) is 0 Å². The molecule has 0 unspecified atom stereocenters. The van der Waals surface area contributed by atoms with Gasteiger partial charge in [-0.05, 0) is 64.8 Å². The number of hydrogen-bond donors (Lipinski definition) is 0. The van der Waals surface area contributed by atoms with Crippen molar-refractivity contribution in [1.82, 2.24) is 4.90 Å². The van der Waals surface area contributed by atoms with Crippen molar-refractivity contribution in [2.24, 2.45) is 5.92 Å². The van der Waals surface area contributed by atoms with Crippen molar-refractivity contribution >= 4 is 0 Å². The van der Waals surface area contributed by atoms with Gasteiger partial charge in [-0.2, -0.15) is 0 Å². The Labute approximate surface area is 111 Å². The third kappa shape index (κ3) is 3.74. The maximum atomic E-state index is 5.88. The predicted octanol–water partition coefficient (Wildman–Crippen LogP) is 3.49. The average molecular weight is 247 g/mol. The van der Waals surface area contributed by atoms with Crippen LogP contribution in [0.25, 0.3) is 0 Å². The molecular formula is C16H25NO. The molecule has 2 rings (SSSR count). The molecule has 0 amide bonds. The minimum Gasteiger partial charge on any atom is -0.493 e. The summed E-state index contributed by atoms with van der Waals surface area (Å²) in [6.45, 7) is 9.98.